The molecule has 0 fully saturated rings. The summed E-state index contributed by atoms with van der Waals surface area (Å²) in [6.45, 7) is 0. The molecule has 0 aromatic carbocycles. The van der Waals surface area contributed by atoms with Crippen molar-refractivity contribution in [3.05, 3.63) is 0 Å². The molecule has 0 atom stereocenters. The first kappa shape index (κ1) is 7.89. The summed E-state index contributed by atoms with van der Waals surface area (Å²) in [5.74, 6) is 0. The van der Waals surface area contributed by atoms with E-state index >= 15 is 0 Å². The summed E-state index contributed by atoms with van der Waals surface area (Å²) in [5.41, 5.74) is 0. The molecule has 6 nitrogen and oxygen atoms in total. The molecule has 0 aliphatic rings. The summed E-state index contributed by atoms with van der Waals surface area (Å²) in [4.78, 5) is 19.0. The Morgan fingerprint density at radius 2 is 1.22 bits per heavy atom. The summed E-state index contributed by atoms with van der Waals surface area (Å²) in [6.07, 6.45) is 0. The number of hydrogen-bond acceptors (Lipinski definition) is 4. The Balaban J connectivity index is 4.87. The molecule has 0 heterocycles. The molecule has 0 aliphatic carbocycles. The molecule has 0 amide bonds. The SMILES string of the molecule is O=C(O)S(=O)(=O)C(=O)O. The lowest BCUT2D eigenvalue weighted by molar-refractivity contribution is 0.212. The van der Waals surface area contributed by atoms with Crippen LogP contribution in [0.1, 0.15) is 0 Å². The van der Waals surface area contributed by atoms with Gasteiger partial charge in [-0.25, -0.2) is 18.0 Å². The molecular weight excluding hydrogens is 152 g/mol. The van der Waals surface area contributed by atoms with Crippen LogP contribution in [0.2, 0.25) is 0 Å². The minimum absolute atomic E-state index is 2.35. The third-order valence-corrected chi connectivity index (χ3v) is 1.38. The first-order valence-corrected chi connectivity index (χ1v) is 3.08. The Morgan fingerprint density at radius 3 is 1.22 bits per heavy atom. The largest absolute Gasteiger partial charge is 0.469 e. The van der Waals surface area contributed by atoms with Crippen molar-refractivity contribution in [2.24, 2.45) is 0 Å². The van der Waals surface area contributed by atoms with Crippen molar-refractivity contribution >= 4 is 20.4 Å². The second-order valence-electron chi connectivity index (χ2n) is 1.04. The molecule has 9 heavy (non-hydrogen) atoms. The highest BCUT2D eigenvalue weighted by Crippen LogP contribution is 1.91. The molecule has 0 radical (unpaired) electrons. The molecule has 0 aliphatic heterocycles. The normalized spacial score (nSPS) is 10.7. The number of sulfone groups is 1. The average molecular weight is 154 g/mol. The van der Waals surface area contributed by atoms with Gasteiger partial charge in [-0.3, -0.25) is 0 Å². The van der Waals surface area contributed by atoms with Crippen LogP contribution < -0.4 is 0 Å². The van der Waals surface area contributed by atoms with Crippen molar-refractivity contribution in [3.8, 4) is 0 Å². The van der Waals surface area contributed by atoms with Crippen LogP contribution in [-0.4, -0.2) is 29.2 Å². The highest BCUT2D eigenvalue weighted by molar-refractivity contribution is 8.18. The molecule has 0 rings (SSSR count). The van der Waals surface area contributed by atoms with Crippen molar-refractivity contribution in [3.63, 3.8) is 0 Å². The fourth-order valence-corrected chi connectivity index (χ4v) is 0.224. The smallest absolute Gasteiger partial charge is 0.433 e. The second kappa shape index (κ2) is 2.02. The molecule has 52 valence electrons. The molecule has 0 unspecified atom stereocenters. The van der Waals surface area contributed by atoms with Crippen LogP contribution in [0.4, 0.5) is 9.59 Å². The van der Waals surface area contributed by atoms with Crippen molar-refractivity contribution in [1.82, 2.24) is 0 Å². The highest BCUT2D eigenvalue weighted by atomic mass is 32.2. The molecule has 0 saturated heterocycles. The van der Waals surface area contributed by atoms with Gasteiger partial charge in [-0.1, -0.05) is 0 Å². The molecular formula is C2H2O6S. The lowest BCUT2D eigenvalue weighted by Gasteiger charge is -1.85. The summed E-state index contributed by atoms with van der Waals surface area (Å²) in [7, 11) is -4.98. The van der Waals surface area contributed by atoms with E-state index in [0.717, 1.165) is 0 Å². The summed E-state index contributed by atoms with van der Waals surface area (Å²) < 4.78 is 19.7. The predicted molar refractivity (Wildman–Crippen MR) is 25.0 cm³/mol. The van der Waals surface area contributed by atoms with Crippen molar-refractivity contribution < 1.29 is 28.2 Å². The zero-order chi connectivity index (χ0) is 7.65. The van der Waals surface area contributed by atoms with Gasteiger partial charge in [0.2, 0.25) is 0 Å². The van der Waals surface area contributed by atoms with E-state index in [1.807, 2.05) is 0 Å². The monoisotopic (exact) mass is 154 g/mol. The van der Waals surface area contributed by atoms with Crippen molar-refractivity contribution in [1.29, 1.82) is 0 Å². The van der Waals surface area contributed by atoms with Gasteiger partial charge in [-0.15, -0.1) is 0 Å². The third-order valence-electron chi connectivity index (χ3n) is 0.460. The van der Waals surface area contributed by atoms with Crippen LogP contribution in [0.3, 0.4) is 0 Å². The van der Waals surface area contributed by atoms with Gasteiger partial charge >= 0.3 is 20.4 Å². The zero-order valence-corrected chi connectivity index (χ0v) is 4.75. The van der Waals surface area contributed by atoms with Gasteiger partial charge in [0.1, 0.15) is 0 Å². The van der Waals surface area contributed by atoms with Crippen molar-refractivity contribution in [2.75, 3.05) is 0 Å². The molecule has 0 aromatic rings. The number of hydrogen-bond donors (Lipinski definition) is 2. The summed E-state index contributed by atoms with van der Waals surface area (Å²) in [6, 6.07) is 0. The molecule has 7 heteroatoms. The fourth-order valence-electron chi connectivity index (χ4n) is 0.0747. The van der Waals surface area contributed by atoms with Gasteiger partial charge in [0.25, 0.3) is 0 Å². The Bertz CT molecular complexity index is 214. The second-order valence-corrected chi connectivity index (χ2v) is 2.74. The summed E-state index contributed by atoms with van der Waals surface area (Å²) in [5, 5.41) is 10.6. The molecule has 0 aromatic heterocycles. The average Bonchev–Trinajstić information content (AvgIpc) is 1.65. The standard InChI is InChI=1S/C2H2O6S/c3-1(4)9(7,8)2(5)6/h(H,3,4)(H,5,6). The first-order valence-electron chi connectivity index (χ1n) is 1.60. The minimum atomic E-state index is -4.98. The molecule has 2 N–H and O–H groups in total. The lowest BCUT2D eigenvalue weighted by atomic mass is 11.6. The minimum Gasteiger partial charge on any atom is -0.469 e. The number of carboxylic acid groups (broad SMARTS) is 2. The summed E-state index contributed by atoms with van der Waals surface area (Å²) >= 11 is 0. The van der Waals surface area contributed by atoms with E-state index < -0.39 is 20.4 Å². The van der Waals surface area contributed by atoms with Gasteiger partial charge < -0.3 is 10.2 Å². The Kier molecular flexibility index (Phi) is 1.77. The maximum absolute atomic E-state index is 9.83. The van der Waals surface area contributed by atoms with Gasteiger partial charge in [0.05, 0.1) is 0 Å². The topological polar surface area (TPSA) is 109 Å². The van der Waals surface area contributed by atoms with Crippen LogP contribution in [0.15, 0.2) is 0 Å². The van der Waals surface area contributed by atoms with E-state index in [1.165, 1.54) is 0 Å². The van der Waals surface area contributed by atoms with Crippen LogP contribution >= 0.6 is 0 Å². The van der Waals surface area contributed by atoms with Crippen LogP contribution in [-0.2, 0) is 9.84 Å². The number of rotatable bonds is 0. The Morgan fingerprint density at radius 1 is 1.00 bits per heavy atom. The zero-order valence-electron chi connectivity index (χ0n) is 3.94. The van der Waals surface area contributed by atoms with E-state index in [4.69, 9.17) is 10.2 Å². The van der Waals surface area contributed by atoms with Crippen LogP contribution in [0.5, 0.6) is 0 Å². The van der Waals surface area contributed by atoms with E-state index in [0.29, 0.717) is 0 Å². The van der Waals surface area contributed by atoms with E-state index in [9.17, 15) is 18.0 Å². The van der Waals surface area contributed by atoms with Crippen molar-refractivity contribution in [2.45, 2.75) is 0 Å². The molecule has 0 spiro atoms. The maximum Gasteiger partial charge on any atom is 0.433 e. The van der Waals surface area contributed by atoms with Gasteiger partial charge in [-0.2, -0.15) is 0 Å². The Hall–Kier alpha value is -1.11. The molecule has 0 saturated carbocycles. The number of carbonyl (C=O) groups is 2. The first-order chi connectivity index (χ1) is 3.89. The van der Waals surface area contributed by atoms with E-state index in [-0.39, 0.29) is 0 Å². The van der Waals surface area contributed by atoms with Crippen LogP contribution in [0.25, 0.3) is 0 Å². The van der Waals surface area contributed by atoms with E-state index in [2.05, 4.69) is 0 Å². The van der Waals surface area contributed by atoms with Gasteiger partial charge in [0.15, 0.2) is 0 Å². The van der Waals surface area contributed by atoms with Crippen LogP contribution in [0, 0.1) is 0 Å². The fraction of sp³-hybridized carbons (Fsp3) is 0. The highest BCUT2D eigenvalue weighted by Gasteiger charge is 2.30. The molecule has 0 bridgehead atoms. The predicted octanol–water partition coefficient (Wildman–Crippen LogP) is -0.243. The maximum atomic E-state index is 9.83. The third kappa shape index (κ3) is 1.39. The lowest BCUT2D eigenvalue weighted by Crippen LogP contribution is -2.20. The Labute approximate surface area is 49.6 Å². The van der Waals surface area contributed by atoms with E-state index in [1.54, 1.807) is 0 Å². The van der Waals surface area contributed by atoms with Gasteiger partial charge in [-0.05, 0) is 0 Å². The van der Waals surface area contributed by atoms with Gasteiger partial charge in [0, 0.05) is 0 Å². The quantitative estimate of drug-likeness (QED) is 0.498.